The molecule has 0 aromatic rings. The number of nitrogens with zero attached hydrogens (tertiary/aromatic N) is 1. The first-order valence-corrected chi connectivity index (χ1v) is 28.3. The molecule has 0 saturated heterocycles. The van der Waals surface area contributed by atoms with Gasteiger partial charge in [0.15, 0.2) is 12.1 Å². The molecule has 2 atom stereocenters. The highest BCUT2D eigenvalue weighted by molar-refractivity contribution is 5.72. The van der Waals surface area contributed by atoms with Crippen LogP contribution >= 0.6 is 0 Å². The van der Waals surface area contributed by atoms with Crippen LogP contribution in [-0.4, -0.2) is 80.6 Å². The summed E-state index contributed by atoms with van der Waals surface area (Å²) in [5.41, 5.74) is 0. The third kappa shape index (κ3) is 49.2. The molecule has 0 radical (unpaired) electrons. The van der Waals surface area contributed by atoms with Crippen molar-refractivity contribution >= 4 is 17.9 Å². The predicted molar refractivity (Wildman–Crippen MR) is 298 cm³/mol. The minimum Gasteiger partial charge on any atom is -0.477 e. The number of allylic oxidation sites excluding steroid dienone is 16. The number of unbranched alkanes of at least 4 members (excludes halogenated alkanes) is 20. The molecule has 0 aromatic heterocycles. The van der Waals surface area contributed by atoms with Crippen molar-refractivity contribution in [3.63, 3.8) is 0 Å². The molecule has 0 amide bonds. The smallest absolute Gasteiger partial charge is 0.362 e. The minimum atomic E-state index is -0.885. The van der Waals surface area contributed by atoms with Gasteiger partial charge < -0.3 is 23.8 Å². The van der Waals surface area contributed by atoms with Crippen molar-refractivity contribution in [2.75, 3.05) is 41.0 Å². The van der Waals surface area contributed by atoms with Gasteiger partial charge in [0.1, 0.15) is 6.61 Å². The van der Waals surface area contributed by atoms with Crippen molar-refractivity contribution < 1.29 is 38.2 Å². The molecule has 400 valence electrons. The maximum Gasteiger partial charge on any atom is 0.362 e. The Morgan fingerprint density at radius 3 is 1.24 bits per heavy atom. The fourth-order valence-corrected chi connectivity index (χ4v) is 7.90. The van der Waals surface area contributed by atoms with Crippen molar-refractivity contribution in [3.8, 4) is 0 Å². The van der Waals surface area contributed by atoms with Crippen LogP contribution in [-0.2, 0) is 28.6 Å². The average Bonchev–Trinajstić information content (AvgIpc) is 3.33. The number of rotatable bonds is 50. The van der Waals surface area contributed by atoms with Crippen LogP contribution in [0.4, 0.5) is 0 Å². The van der Waals surface area contributed by atoms with Crippen LogP contribution in [0.2, 0.25) is 0 Å². The van der Waals surface area contributed by atoms with Crippen LogP contribution < -0.4 is 0 Å². The molecule has 0 bridgehead atoms. The van der Waals surface area contributed by atoms with E-state index in [4.69, 9.17) is 14.2 Å². The number of hydrogen-bond acceptors (Lipinski definition) is 6. The largest absolute Gasteiger partial charge is 0.477 e. The van der Waals surface area contributed by atoms with E-state index in [-0.39, 0.29) is 42.7 Å². The van der Waals surface area contributed by atoms with Crippen LogP contribution in [0, 0.1) is 0 Å². The summed E-state index contributed by atoms with van der Waals surface area (Å²) >= 11 is 0. The summed E-state index contributed by atoms with van der Waals surface area (Å²) in [6, 6.07) is -0.630. The lowest BCUT2D eigenvalue weighted by Gasteiger charge is -2.31. The van der Waals surface area contributed by atoms with Gasteiger partial charge in [-0.15, -0.1) is 0 Å². The van der Waals surface area contributed by atoms with E-state index in [0.29, 0.717) is 19.3 Å². The second-order valence-electron chi connectivity index (χ2n) is 19.8. The zero-order valence-corrected chi connectivity index (χ0v) is 45.7. The number of ether oxygens (including phenoxy) is 3. The highest BCUT2D eigenvalue weighted by atomic mass is 16.6. The van der Waals surface area contributed by atoms with Crippen molar-refractivity contribution in [3.05, 3.63) is 97.2 Å². The van der Waals surface area contributed by atoms with Gasteiger partial charge in [-0.3, -0.25) is 9.59 Å². The first kappa shape index (κ1) is 66.2. The van der Waals surface area contributed by atoms with E-state index < -0.39 is 18.1 Å². The number of carboxylic acids is 1. The SMILES string of the molecule is CC/C=C/C/C=C/C/C=C/C/C=C/C/C=C/C/C=C/C/C=C/CCCC(=O)OCC(COCCC(C(=O)O)[N+](C)(C)C)OC(=O)CCCCCCCCC/C=C/CCCCCCCCCCCCCC. The van der Waals surface area contributed by atoms with E-state index in [9.17, 15) is 19.5 Å². The van der Waals surface area contributed by atoms with E-state index in [0.717, 1.165) is 70.6 Å². The van der Waals surface area contributed by atoms with E-state index in [1.807, 2.05) is 21.1 Å². The Kier molecular flexibility index (Phi) is 48.8. The Labute approximate surface area is 430 Å². The lowest BCUT2D eigenvalue weighted by atomic mass is 10.0. The van der Waals surface area contributed by atoms with E-state index >= 15 is 0 Å². The summed E-state index contributed by atoms with van der Waals surface area (Å²) < 4.78 is 17.3. The molecular weight excluding hydrogens is 871 g/mol. The maximum absolute atomic E-state index is 12.8. The monoisotopic (exact) mass is 977 g/mol. The van der Waals surface area contributed by atoms with Crippen LogP contribution in [0.3, 0.4) is 0 Å². The topological polar surface area (TPSA) is 99.1 Å². The van der Waals surface area contributed by atoms with Crippen LogP contribution in [0.1, 0.15) is 226 Å². The predicted octanol–water partition coefficient (Wildman–Crippen LogP) is 17.0. The second kappa shape index (κ2) is 51.6. The summed E-state index contributed by atoms with van der Waals surface area (Å²) in [5, 5.41) is 9.67. The molecule has 0 rings (SSSR count). The average molecular weight is 978 g/mol. The molecule has 0 aliphatic rings. The van der Waals surface area contributed by atoms with Gasteiger partial charge in [-0.2, -0.15) is 0 Å². The van der Waals surface area contributed by atoms with Crippen LogP contribution in [0.5, 0.6) is 0 Å². The van der Waals surface area contributed by atoms with Gasteiger partial charge in [0, 0.05) is 19.3 Å². The van der Waals surface area contributed by atoms with Gasteiger partial charge in [0.25, 0.3) is 0 Å². The zero-order chi connectivity index (χ0) is 51.3. The van der Waals surface area contributed by atoms with Crippen molar-refractivity contribution in [2.45, 2.75) is 238 Å². The molecule has 0 aliphatic carbocycles. The fraction of sp³-hybridized carbons (Fsp3) is 0.694. The summed E-state index contributed by atoms with van der Waals surface area (Å²) in [6.45, 7) is 4.57. The minimum absolute atomic E-state index is 0.0361. The molecule has 8 heteroatoms. The van der Waals surface area contributed by atoms with Crippen molar-refractivity contribution in [1.82, 2.24) is 0 Å². The normalized spacial score (nSPS) is 13.6. The lowest BCUT2D eigenvalue weighted by molar-refractivity contribution is -0.887. The molecular formula is C62H106NO7+. The van der Waals surface area contributed by atoms with Crippen LogP contribution in [0.15, 0.2) is 97.2 Å². The number of aliphatic carboxylic acids is 1. The van der Waals surface area contributed by atoms with E-state index in [1.165, 1.54) is 116 Å². The highest BCUT2D eigenvalue weighted by Crippen LogP contribution is 2.15. The number of carboxylic acid groups (broad SMARTS) is 1. The molecule has 0 fully saturated rings. The third-order valence-corrected chi connectivity index (χ3v) is 12.2. The molecule has 0 aromatic carbocycles. The number of quaternary nitrogens is 1. The molecule has 70 heavy (non-hydrogen) atoms. The van der Waals surface area contributed by atoms with Gasteiger partial charge in [0.2, 0.25) is 0 Å². The first-order valence-electron chi connectivity index (χ1n) is 28.3. The standard InChI is InChI=1S/C62H105NO7/c1-6-8-10-12-14-16-18-20-22-24-26-28-30-32-34-36-38-40-42-44-46-48-50-52-60(64)69-57-58(56-68-55-54-59(62(66)67)63(3,4)5)70-61(65)53-51-49-47-45-43-41-39-37-35-33-31-29-27-25-23-21-19-17-15-13-11-9-7-2/h8,10,14,16,20,22,26,28,32-35,38,40,44,46,58-59H,6-7,9,11-13,15,17-19,21,23-25,27,29-31,36-37,39,41-43,45,47-57H2,1-5H3/p+1/b10-8+,16-14+,22-20+,28-26+,34-32+,35-33+,40-38+,46-44+. The zero-order valence-electron chi connectivity index (χ0n) is 45.7. The fourth-order valence-electron chi connectivity index (χ4n) is 7.90. The van der Waals surface area contributed by atoms with Gasteiger partial charge in [-0.25, -0.2) is 4.79 Å². The van der Waals surface area contributed by atoms with E-state index in [2.05, 4.69) is 111 Å². The first-order chi connectivity index (χ1) is 34.1. The lowest BCUT2D eigenvalue weighted by Crippen LogP contribution is -2.50. The van der Waals surface area contributed by atoms with Crippen LogP contribution in [0.25, 0.3) is 0 Å². The molecule has 1 N–H and O–H groups in total. The number of carbonyl (C=O) groups is 3. The molecule has 0 spiro atoms. The second-order valence-corrected chi connectivity index (χ2v) is 19.8. The Bertz CT molecular complexity index is 1460. The van der Waals surface area contributed by atoms with Gasteiger partial charge >= 0.3 is 17.9 Å². The Morgan fingerprint density at radius 2 is 0.814 bits per heavy atom. The number of likely N-dealkylation sites (N-methyl/N-ethyl adjacent to an activating group) is 1. The summed E-state index contributed by atoms with van der Waals surface area (Å²) in [4.78, 5) is 37.2. The van der Waals surface area contributed by atoms with Gasteiger partial charge in [0.05, 0.1) is 34.4 Å². The van der Waals surface area contributed by atoms with Crippen molar-refractivity contribution in [1.29, 1.82) is 0 Å². The van der Waals surface area contributed by atoms with Crippen molar-refractivity contribution in [2.24, 2.45) is 0 Å². The Morgan fingerprint density at radius 1 is 0.443 bits per heavy atom. The molecule has 0 saturated carbocycles. The molecule has 2 unspecified atom stereocenters. The summed E-state index contributed by atoms with van der Waals surface area (Å²) in [7, 11) is 5.52. The van der Waals surface area contributed by atoms with Gasteiger partial charge in [-0.05, 0) is 89.9 Å². The Balaban J connectivity index is 4.31. The number of hydrogen-bond donors (Lipinski definition) is 1. The quantitative estimate of drug-likeness (QED) is 0.0281. The molecule has 0 heterocycles. The molecule has 8 nitrogen and oxygen atoms in total. The number of esters is 2. The number of carbonyl (C=O) groups excluding carboxylic acids is 2. The third-order valence-electron chi connectivity index (χ3n) is 12.2. The van der Waals surface area contributed by atoms with Gasteiger partial charge in [-0.1, -0.05) is 214 Å². The summed E-state index contributed by atoms with van der Waals surface area (Å²) in [6.07, 6.45) is 70.5. The molecule has 0 aliphatic heterocycles. The summed E-state index contributed by atoms with van der Waals surface area (Å²) in [5.74, 6) is -1.55. The highest BCUT2D eigenvalue weighted by Gasteiger charge is 2.31. The Hall–Kier alpha value is -3.75. The van der Waals surface area contributed by atoms with E-state index in [1.54, 1.807) is 0 Å². The maximum atomic E-state index is 12.8.